The number of piperidine rings is 1. The lowest BCUT2D eigenvalue weighted by atomic mass is 9.97. The number of pyridine rings is 1. The van der Waals surface area contributed by atoms with Gasteiger partial charge >= 0.3 is 6.09 Å². The monoisotopic (exact) mass is 387 g/mol. The molecule has 0 radical (unpaired) electrons. The van der Waals surface area contributed by atoms with E-state index < -0.39 is 5.60 Å². The maximum atomic E-state index is 14.0. The van der Waals surface area contributed by atoms with Crippen LogP contribution in [-0.4, -0.2) is 53.2 Å². The van der Waals surface area contributed by atoms with E-state index in [1.165, 1.54) is 6.07 Å². The van der Waals surface area contributed by atoms with Gasteiger partial charge in [-0.25, -0.2) is 9.18 Å². The average molecular weight is 387 g/mol. The number of ether oxygens (including phenoxy) is 1. The Morgan fingerprint density at radius 3 is 2.89 bits per heavy atom. The minimum atomic E-state index is -0.486. The van der Waals surface area contributed by atoms with Gasteiger partial charge in [-0.2, -0.15) is 0 Å². The van der Waals surface area contributed by atoms with E-state index in [0.29, 0.717) is 17.8 Å². The van der Waals surface area contributed by atoms with Crippen molar-refractivity contribution in [2.75, 3.05) is 26.7 Å². The number of rotatable bonds is 4. The summed E-state index contributed by atoms with van der Waals surface area (Å²) in [6, 6.07) is 6.90. The van der Waals surface area contributed by atoms with E-state index in [9.17, 15) is 9.18 Å². The Hall–Kier alpha value is -2.21. The normalized spacial score (nSPS) is 18.2. The van der Waals surface area contributed by atoms with Crippen LogP contribution in [0.15, 0.2) is 30.5 Å². The van der Waals surface area contributed by atoms with Gasteiger partial charge in [0.1, 0.15) is 11.4 Å². The lowest BCUT2D eigenvalue weighted by Crippen LogP contribution is -2.42. The summed E-state index contributed by atoms with van der Waals surface area (Å²) >= 11 is 0. The number of benzene rings is 1. The molecule has 2 heterocycles. The summed E-state index contributed by atoms with van der Waals surface area (Å²) < 4.78 is 19.5. The topological polar surface area (TPSA) is 45.7 Å². The molecule has 28 heavy (non-hydrogen) atoms. The Bertz CT molecular complexity index is 834. The van der Waals surface area contributed by atoms with Crippen LogP contribution in [0.25, 0.3) is 10.9 Å². The first kappa shape index (κ1) is 20.5. The fourth-order valence-electron chi connectivity index (χ4n) is 3.81. The van der Waals surface area contributed by atoms with E-state index in [2.05, 4.69) is 9.88 Å². The molecule has 1 aromatic carbocycles. The summed E-state index contributed by atoms with van der Waals surface area (Å²) in [5, 5.41) is 0.568. The Morgan fingerprint density at radius 1 is 1.36 bits per heavy atom. The number of hydrogen-bond donors (Lipinski definition) is 0. The number of fused-ring (bicyclic) bond motifs is 1. The maximum absolute atomic E-state index is 14.0. The molecular formula is C22H30FN3O2. The van der Waals surface area contributed by atoms with Crippen molar-refractivity contribution in [3.63, 3.8) is 0 Å². The van der Waals surface area contributed by atoms with Crippen LogP contribution in [0.2, 0.25) is 0 Å². The van der Waals surface area contributed by atoms with Crippen LogP contribution in [0.1, 0.15) is 39.2 Å². The van der Waals surface area contributed by atoms with E-state index in [-0.39, 0.29) is 11.9 Å². The highest BCUT2D eigenvalue weighted by Gasteiger charge is 2.25. The predicted molar refractivity (Wildman–Crippen MR) is 109 cm³/mol. The molecule has 0 N–H and O–H groups in total. The van der Waals surface area contributed by atoms with Gasteiger partial charge in [0, 0.05) is 38.3 Å². The average Bonchev–Trinajstić information content (AvgIpc) is 2.63. The van der Waals surface area contributed by atoms with Crippen molar-refractivity contribution in [2.24, 2.45) is 5.92 Å². The summed E-state index contributed by atoms with van der Waals surface area (Å²) in [6.45, 7) is 8.94. The van der Waals surface area contributed by atoms with Crippen molar-refractivity contribution in [3.8, 4) is 0 Å². The van der Waals surface area contributed by atoms with E-state index in [0.717, 1.165) is 43.6 Å². The summed E-state index contributed by atoms with van der Waals surface area (Å²) in [5.41, 5.74) is 1.29. The van der Waals surface area contributed by atoms with Gasteiger partial charge in [0.05, 0.1) is 5.52 Å². The second-order valence-electron chi connectivity index (χ2n) is 8.71. The molecule has 2 aromatic rings. The summed E-state index contributed by atoms with van der Waals surface area (Å²) in [7, 11) is 1.80. The van der Waals surface area contributed by atoms with Crippen LogP contribution < -0.4 is 0 Å². The fraction of sp³-hybridized carbons (Fsp3) is 0.545. The molecule has 1 aliphatic heterocycles. The lowest BCUT2D eigenvalue weighted by molar-refractivity contribution is 0.0241. The molecule has 6 heteroatoms. The number of carbonyl (C=O) groups is 1. The zero-order valence-electron chi connectivity index (χ0n) is 17.2. The highest BCUT2D eigenvalue weighted by molar-refractivity contribution is 5.82. The Labute approximate surface area is 166 Å². The molecule has 0 spiro atoms. The molecule has 0 saturated carbocycles. The second-order valence-corrected chi connectivity index (χ2v) is 8.71. The smallest absolute Gasteiger partial charge is 0.410 e. The van der Waals surface area contributed by atoms with Crippen LogP contribution >= 0.6 is 0 Å². The summed E-state index contributed by atoms with van der Waals surface area (Å²) in [4.78, 5) is 20.7. The van der Waals surface area contributed by atoms with Crippen molar-refractivity contribution in [1.29, 1.82) is 0 Å². The van der Waals surface area contributed by atoms with Gasteiger partial charge in [0.25, 0.3) is 0 Å². The molecule has 1 saturated heterocycles. The Balaban J connectivity index is 1.63. The first-order valence-electron chi connectivity index (χ1n) is 9.91. The summed E-state index contributed by atoms with van der Waals surface area (Å²) in [5.74, 6) is 0.160. The number of carbonyl (C=O) groups excluding carboxylic acids is 1. The van der Waals surface area contributed by atoms with E-state index >= 15 is 0 Å². The van der Waals surface area contributed by atoms with Gasteiger partial charge in [-0.15, -0.1) is 0 Å². The van der Waals surface area contributed by atoms with Crippen molar-refractivity contribution < 1.29 is 13.9 Å². The molecular weight excluding hydrogens is 357 g/mol. The molecule has 1 amide bonds. The third kappa shape index (κ3) is 5.19. The third-order valence-electron chi connectivity index (χ3n) is 5.03. The molecule has 1 fully saturated rings. The van der Waals surface area contributed by atoms with Crippen LogP contribution in [0.3, 0.4) is 0 Å². The highest BCUT2D eigenvalue weighted by atomic mass is 19.1. The molecule has 152 valence electrons. The van der Waals surface area contributed by atoms with Gasteiger partial charge in [-0.3, -0.25) is 9.88 Å². The Morgan fingerprint density at radius 2 is 2.14 bits per heavy atom. The standard InChI is InChI=1S/C22H30FN3O2/c1-22(2,3)28-21(27)25(4)13-16-7-6-12-26(14-16)15-17-9-10-19(23)18-8-5-11-24-20(17)18/h5,8-11,16H,6-7,12-15H2,1-4H3. The first-order valence-corrected chi connectivity index (χ1v) is 9.91. The van der Waals surface area contributed by atoms with Crippen molar-refractivity contribution in [2.45, 2.75) is 45.8 Å². The number of nitrogens with zero attached hydrogens (tertiary/aromatic N) is 3. The van der Waals surface area contributed by atoms with Crippen molar-refractivity contribution in [1.82, 2.24) is 14.8 Å². The zero-order chi connectivity index (χ0) is 20.3. The molecule has 1 aliphatic rings. The minimum Gasteiger partial charge on any atom is -0.444 e. The number of amides is 1. The number of halogens is 1. The quantitative estimate of drug-likeness (QED) is 0.777. The van der Waals surface area contributed by atoms with Gasteiger partial charge < -0.3 is 9.64 Å². The number of aromatic nitrogens is 1. The molecule has 0 bridgehead atoms. The first-order chi connectivity index (χ1) is 13.2. The third-order valence-corrected chi connectivity index (χ3v) is 5.03. The number of likely N-dealkylation sites (tertiary alicyclic amines) is 1. The largest absolute Gasteiger partial charge is 0.444 e. The number of hydrogen-bond acceptors (Lipinski definition) is 4. The Kier molecular flexibility index (Phi) is 6.18. The van der Waals surface area contributed by atoms with Gasteiger partial charge in [-0.05, 0) is 69.8 Å². The molecule has 0 aliphatic carbocycles. The van der Waals surface area contributed by atoms with Gasteiger partial charge in [0.2, 0.25) is 0 Å². The zero-order valence-corrected chi connectivity index (χ0v) is 17.2. The van der Waals surface area contributed by atoms with Gasteiger partial charge in [0.15, 0.2) is 0 Å². The maximum Gasteiger partial charge on any atom is 0.410 e. The van der Waals surface area contributed by atoms with E-state index in [4.69, 9.17) is 4.74 Å². The van der Waals surface area contributed by atoms with Gasteiger partial charge in [-0.1, -0.05) is 6.07 Å². The fourth-order valence-corrected chi connectivity index (χ4v) is 3.81. The van der Waals surface area contributed by atoms with Crippen molar-refractivity contribution in [3.05, 3.63) is 41.8 Å². The van der Waals surface area contributed by atoms with E-state index in [1.807, 2.05) is 26.8 Å². The molecule has 1 unspecified atom stereocenters. The molecule has 3 rings (SSSR count). The second kappa shape index (κ2) is 8.43. The predicted octanol–water partition coefficient (Wildman–Crippen LogP) is 4.45. The molecule has 5 nitrogen and oxygen atoms in total. The van der Waals surface area contributed by atoms with Crippen LogP contribution in [-0.2, 0) is 11.3 Å². The van der Waals surface area contributed by atoms with Crippen LogP contribution in [0.4, 0.5) is 9.18 Å². The molecule has 1 atom stereocenters. The highest BCUT2D eigenvalue weighted by Crippen LogP contribution is 2.24. The van der Waals surface area contributed by atoms with Crippen molar-refractivity contribution >= 4 is 17.0 Å². The molecule has 1 aromatic heterocycles. The minimum absolute atomic E-state index is 0.234. The van der Waals surface area contributed by atoms with Crippen LogP contribution in [0.5, 0.6) is 0 Å². The SMILES string of the molecule is CN(CC1CCCN(Cc2ccc(F)c3cccnc23)C1)C(=O)OC(C)(C)C. The van der Waals surface area contributed by atoms with E-state index in [1.54, 1.807) is 30.3 Å². The summed E-state index contributed by atoms with van der Waals surface area (Å²) in [6.07, 6.45) is 3.60. The van der Waals surface area contributed by atoms with Crippen LogP contribution in [0, 0.1) is 11.7 Å². The lowest BCUT2D eigenvalue weighted by Gasteiger charge is -2.35.